The average molecular weight is 572 g/mol. The van der Waals surface area contributed by atoms with E-state index >= 15 is 0 Å². The van der Waals surface area contributed by atoms with Crippen LogP contribution in [-0.2, 0) is 19.2 Å². The van der Waals surface area contributed by atoms with Crippen molar-refractivity contribution in [2.24, 2.45) is 17.8 Å². The molecule has 2 saturated heterocycles. The van der Waals surface area contributed by atoms with Crippen molar-refractivity contribution in [2.75, 3.05) is 19.6 Å². The van der Waals surface area contributed by atoms with E-state index in [-0.39, 0.29) is 47.2 Å². The van der Waals surface area contributed by atoms with Crippen LogP contribution in [0.1, 0.15) is 24.3 Å². The standard InChI is InChI=1S/C23H21BrCl2N2O6/c1-27-18(30)11-7-6-10-13(15(11)19(27)31)8-22(25)20(32)28(9-24)21(33)23(22,26)16(10)12-4-3-5-14(34-2)17(12)29/h3-6,11,13,15-16,29H,7-9H2,1-2H3/t11-,13+,15-,16+,22+,23-/m0/s1. The first-order chi connectivity index (χ1) is 16.0. The van der Waals surface area contributed by atoms with Gasteiger partial charge in [-0.25, -0.2) is 0 Å². The number of nitrogens with zero attached hydrogens (tertiary/aromatic N) is 2. The van der Waals surface area contributed by atoms with Crippen molar-refractivity contribution in [1.29, 1.82) is 0 Å². The molecule has 8 nitrogen and oxygen atoms in total. The predicted molar refractivity (Wildman–Crippen MR) is 126 cm³/mol. The Morgan fingerprint density at radius 2 is 1.85 bits per heavy atom. The lowest BCUT2D eigenvalue weighted by Gasteiger charge is -2.50. The summed E-state index contributed by atoms with van der Waals surface area (Å²) in [6.07, 6.45) is 2.00. The summed E-state index contributed by atoms with van der Waals surface area (Å²) in [5, 5.41) is 11.0. The number of carbonyl (C=O) groups is 4. The largest absolute Gasteiger partial charge is 0.504 e. The van der Waals surface area contributed by atoms with Crippen molar-refractivity contribution in [1.82, 2.24) is 9.80 Å². The minimum atomic E-state index is -1.96. The van der Waals surface area contributed by atoms with Crippen LogP contribution in [0.2, 0.25) is 0 Å². The maximum Gasteiger partial charge on any atom is 0.254 e. The van der Waals surface area contributed by atoms with Crippen LogP contribution in [-0.4, -0.2) is 67.9 Å². The number of benzene rings is 1. The first kappa shape index (κ1) is 23.6. The summed E-state index contributed by atoms with van der Waals surface area (Å²) in [4.78, 5) is 51.1. The molecule has 0 bridgehead atoms. The van der Waals surface area contributed by atoms with E-state index in [1.54, 1.807) is 18.2 Å². The molecule has 0 aromatic heterocycles. The molecule has 34 heavy (non-hydrogen) atoms. The van der Waals surface area contributed by atoms with Gasteiger partial charge in [0.05, 0.1) is 24.4 Å². The molecule has 1 aromatic carbocycles. The number of hydrogen-bond donors (Lipinski definition) is 1. The lowest BCUT2D eigenvalue weighted by Crippen LogP contribution is -2.60. The molecular weight excluding hydrogens is 551 g/mol. The zero-order valence-corrected chi connectivity index (χ0v) is 21.4. The summed E-state index contributed by atoms with van der Waals surface area (Å²) in [6, 6.07) is 4.79. The van der Waals surface area contributed by atoms with Crippen LogP contribution in [0.15, 0.2) is 29.8 Å². The number of rotatable bonds is 3. The highest BCUT2D eigenvalue weighted by molar-refractivity contribution is 9.09. The van der Waals surface area contributed by atoms with Crippen molar-refractivity contribution in [3.05, 3.63) is 35.4 Å². The topological polar surface area (TPSA) is 104 Å². The van der Waals surface area contributed by atoms with E-state index in [1.807, 2.05) is 6.08 Å². The highest BCUT2D eigenvalue weighted by atomic mass is 79.9. The lowest BCUT2D eigenvalue weighted by atomic mass is 9.56. The molecule has 4 aliphatic rings. The van der Waals surface area contributed by atoms with Crippen LogP contribution in [0.5, 0.6) is 11.5 Å². The zero-order chi connectivity index (χ0) is 24.7. The minimum absolute atomic E-state index is 0.0901. The number of halogens is 3. The van der Waals surface area contributed by atoms with Gasteiger partial charge in [0, 0.05) is 18.5 Å². The molecule has 2 aliphatic heterocycles. The number of allylic oxidation sites excluding steroid dienone is 2. The van der Waals surface area contributed by atoms with Crippen molar-refractivity contribution < 1.29 is 29.0 Å². The SMILES string of the molecule is COc1cccc([C@H]2C3=CC[C@@H]4C(=O)N(C)C(=O)[C@@H]4[C@@H]3C[C@@]3(Cl)C(=O)N(CBr)C(=O)[C@@]23Cl)c1O. The van der Waals surface area contributed by atoms with Crippen molar-refractivity contribution >= 4 is 62.8 Å². The molecule has 1 aromatic rings. The normalized spacial score (nSPS) is 36.9. The Balaban J connectivity index is 1.78. The number of alkyl halides is 3. The Hall–Kier alpha value is -2.10. The molecular formula is C23H21BrCl2N2O6. The number of ether oxygens (including phenoxy) is 1. The molecule has 4 amide bonds. The second-order valence-electron chi connectivity index (χ2n) is 9.12. The van der Waals surface area contributed by atoms with E-state index in [1.165, 1.54) is 14.2 Å². The van der Waals surface area contributed by atoms with E-state index in [4.69, 9.17) is 27.9 Å². The Morgan fingerprint density at radius 1 is 1.15 bits per heavy atom. The van der Waals surface area contributed by atoms with Gasteiger partial charge in [0.1, 0.15) is 0 Å². The summed E-state index contributed by atoms with van der Waals surface area (Å²) in [5.41, 5.74) is 0.766. The van der Waals surface area contributed by atoms with Crippen LogP contribution >= 0.6 is 39.1 Å². The highest BCUT2D eigenvalue weighted by Crippen LogP contribution is 2.66. The number of amides is 4. The van der Waals surface area contributed by atoms with E-state index in [9.17, 15) is 24.3 Å². The Labute approximate surface area is 213 Å². The third-order valence-electron chi connectivity index (χ3n) is 7.80. The van der Waals surface area contributed by atoms with Crippen molar-refractivity contribution in [3.8, 4) is 11.5 Å². The number of phenols is 1. The highest BCUT2D eigenvalue weighted by Gasteiger charge is 2.76. The first-order valence-corrected chi connectivity index (χ1v) is 12.6. The minimum Gasteiger partial charge on any atom is -0.504 e. The number of phenolic OH excluding ortho intramolecular Hbond substituents is 1. The molecule has 3 fully saturated rings. The Morgan fingerprint density at radius 3 is 2.50 bits per heavy atom. The number of likely N-dealkylation sites (tertiary alicyclic amines) is 2. The smallest absolute Gasteiger partial charge is 0.254 e. The predicted octanol–water partition coefficient (Wildman–Crippen LogP) is 2.74. The fourth-order valence-corrected chi connectivity index (χ4v) is 7.61. The van der Waals surface area contributed by atoms with Gasteiger partial charge >= 0.3 is 0 Å². The Bertz CT molecular complexity index is 1190. The average Bonchev–Trinajstić information content (AvgIpc) is 3.12. The van der Waals surface area contributed by atoms with Crippen molar-refractivity contribution in [3.63, 3.8) is 0 Å². The third-order valence-corrected chi connectivity index (χ3v) is 9.71. The number of imide groups is 2. The van der Waals surface area contributed by atoms with Gasteiger partial charge in [0.25, 0.3) is 11.8 Å². The molecule has 1 saturated carbocycles. The summed E-state index contributed by atoms with van der Waals surface area (Å²) in [7, 11) is 2.83. The van der Waals surface area contributed by atoms with Crippen LogP contribution in [0.4, 0.5) is 0 Å². The van der Waals surface area contributed by atoms with Gasteiger partial charge in [-0.3, -0.25) is 29.0 Å². The van der Waals surface area contributed by atoms with E-state index in [0.717, 1.165) is 9.80 Å². The molecule has 1 N–H and O–H groups in total. The van der Waals surface area contributed by atoms with Crippen molar-refractivity contribution in [2.45, 2.75) is 28.5 Å². The fraction of sp³-hybridized carbons (Fsp3) is 0.478. The molecule has 6 atom stereocenters. The molecule has 0 radical (unpaired) electrons. The van der Waals surface area contributed by atoms with Gasteiger partial charge in [0.15, 0.2) is 21.2 Å². The van der Waals surface area contributed by atoms with Crippen LogP contribution < -0.4 is 4.74 Å². The maximum absolute atomic E-state index is 13.6. The van der Waals surface area contributed by atoms with Gasteiger partial charge in [-0.05, 0) is 24.8 Å². The molecule has 2 heterocycles. The Kier molecular flexibility index (Phi) is 5.35. The maximum atomic E-state index is 13.6. The summed E-state index contributed by atoms with van der Waals surface area (Å²) in [6.45, 7) is 0. The summed E-state index contributed by atoms with van der Waals surface area (Å²) in [5.74, 6) is -5.03. The monoisotopic (exact) mass is 570 g/mol. The molecule has 11 heteroatoms. The van der Waals surface area contributed by atoms with Gasteiger partial charge in [-0.2, -0.15) is 0 Å². The fourth-order valence-electron chi connectivity index (χ4n) is 6.19. The second-order valence-corrected chi connectivity index (χ2v) is 10.9. The van der Waals surface area contributed by atoms with E-state index in [2.05, 4.69) is 15.9 Å². The number of hydrogen-bond acceptors (Lipinski definition) is 6. The number of methoxy groups -OCH3 is 1. The second kappa shape index (κ2) is 7.70. The van der Waals surface area contributed by atoms with Gasteiger partial charge < -0.3 is 9.84 Å². The van der Waals surface area contributed by atoms with Gasteiger partial charge in [-0.15, -0.1) is 23.2 Å². The van der Waals surface area contributed by atoms with Gasteiger partial charge in [-0.1, -0.05) is 39.7 Å². The lowest BCUT2D eigenvalue weighted by molar-refractivity contribution is -0.140. The molecule has 5 rings (SSSR count). The number of fused-ring (bicyclic) bond motifs is 4. The number of para-hydroxylation sites is 1. The molecule has 2 aliphatic carbocycles. The molecule has 0 unspecified atom stereocenters. The first-order valence-electron chi connectivity index (χ1n) is 10.7. The van der Waals surface area contributed by atoms with Gasteiger partial charge in [0.2, 0.25) is 11.8 Å². The third kappa shape index (κ3) is 2.66. The number of aromatic hydroxyl groups is 1. The summed E-state index contributed by atoms with van der Waals surface area (Å²) < 4.78 is 5.27. The molecule has 0 spiro atoms. The quantitative estimate of drug-likeness (QED) is 0.259. The van der Waals surface area contributed by atoms with Crippen LogP contribution in [0.3, 0.4) is 0 Å². The van der Waals surface area contributed by atoms with E-state index < -0.39 is 45.2 Å². The zero-order valence-electron chi connectivity index (χ0n) is 18.3. The molecule has 180 valence electrons. The summed E-state index contributed by atoms with van der Waals surface area (Å²) >= 11 is 17.3. The van der Waals surface area contributed by atoms with Crippen LogP contribution in [0.25, 0.3) is 0 Å². The van der Waals surface area contributed by atoms with E-state index in [0.29, 0.717) is 5.57 Å². The van der Waals surface area contributed by atoms with Crippen LogP contribution in [0, 0.1) is 17.8 Å². The number of carbonyl (C=O) groups excluding carboxylic acids is 4.